The summed E-state index contributed by atoms with van der Waals surface area (Å²) in [6, 6.07) is 2.05. The zero-order valence-corrected chi connectivity index (χ0v) is 46.0. The van der Waals surface area contributed by atoms with Crippen LogP contribution in [0.2, 0.25) is 0 Å². The third-order valence-electron chi connectivity index (χ3n) is 13.1. The normalized spacial score (nSPS) is 15.0. The number of hydrogen-bond donors (Lipinski definition) is 15. The minimum absolute atomic E-state index is 0.0528. The van der Waals surface area contributed by atoms with Crippen molar-refractivity contribution in [1.82, 2.24) is 42.5 Å². The summed E-state index contributed by atoms with van der Waals surface area (Å²) in [6.45, 7) is 7.99. The third kappa shape index (κ3) is 24.6. The number of carbonyl (C=O) groups excluding carboxylic acids is 8. The molecular weight excluding hydrogens is 1030 g/mol. The number of rotatable bonds is 38. The molecule has 2 aromatic carbocycles. The quantitative estimate of drug-likeness (QED) is 0.0362. The molecule has 0 unspecified atom stereocenters. The molecule has 0 aliphatic heterocycles. The van der Waals surface area contributed by atoms with Gasteiger partial charge < -0.3 is 80.2 Å². The number of aromatic hydroxyl groups is 1. The van der Waals surface area contributed by atoms with Crippen molar-refractivity contribution in [3.05, 3.63) is 65.7 Å². The van der Waals surface area contributed by atoms with E-state index in [4.69, 9.17) is 17.2 Å². The SMILES string of the molecule is CCC[C@H](NC(=O)[C@@H](N)CCCCN)C(=O)N[C@@H](CO)C(=O)N[C@@H](CCC(=O)O)C(=O)N[C@@H](CCCCN)C(=O)N[C@H](C(=O)N[C@@H](Cc1ccccc1)C(=O)N[C@@H](Cc1ccc(O)cc1)C(=O)N[C@H](C(=O)O)C(C)C)[C@@H](C)CC. The number of benzene rings is 2. The van der Waals surface area contributed by atoms with Gasteiger partial charge in [-0.3, -0.25) is 43.2 Å². The van der Waals surface area contributed by atoms with Crippen LogP contribution in [0.3, 0.4) is 0 Å². The van der Waals surface area contributed by atoms with Gasteiger partial charge in [0, 0.05) is 19.3 Å². The zero-order chi connectivity index (χ0) is 59.2. The molecule has 79 heavy (non-hydrogen) atoms. The van der Waals surface area contributed by atoms with Crippen LogP contribution in [0.1, 0.15) is 116 Å². The van der Waals surface area contributed by atoms with Crippen molar-refractivity contribution >= 4 is 59.2 Å². The predicted molar refractivity (Wildman–Crippen MR) is 292 cm³/mol. The van der Waals surface area contributed by atoms with E-state index in [0.717, 1.165) is 0 Å². The van der Waals surface area contributed by atoms with Crippen molar-refractivity contribution in [2.75, 3.05) is 19.7 Å². The molecule has 25 heteroatoms. The Morgan fingerprint density at radius 3 is 1.43 bits per heavy atom. The van der Waals surface area contributed by atoms with Crippen LogP contribution in [0, 0.1) is 11.8 Å². The van der Waals surface area contributed by atoms with Crippen LogP contribution in [0.15, 0.2) is 54.6 Å². The smallest absolute Gasteiger partial charge is 0.326 e. The number of hydrogen-bond acceptors (Lipinski definition) is 15. The number of phenols is 1. The molecule has 10 atom stereocenters. The Morgan fingerprint density at radius 2 is 0.924 bits per heavy atom. The van der Waals surface area contributed by atoms with E-state index in [2.05, 4.69) is 42.5 Å². The van der Waals surface area contributed by atoms with Gasteiger partial charge in [0.1, 0.15) is 54.1 Å². The van der Waals surface area contributed by atoms with Gasteiger partial charge in [-0.05, 0) is 93.1 Å². The molecule has 0 aliphatic carbocycles. The number of unbranched alkanes of at least 4 members (excludes halogenated alkanes) is 2. The molecule has 0 fully saturated rings. The van der Waals surface area contributed by atoms with Gasteiger partial charge in [-0.1, -0.05) is 96.3 Å². The van der Waals surface area contributed by atoms with Gasteiger partial charge in [0.2, 0.25) is 47.3 Å². The summed E-state index contributed by atoms with van der Waals surface area (Å²) in [5, 5.41) is 60.1. The number of aliphatic hydroxyl groups is 1. The number of aliphatic hydroxyl groups excluding tert-OH is 1. The third-order valence-corrected chi connectivity index (χ3v) is 13.1. The predicted octanol–water partition coefficient (Wildman–Crippen LogP) is -0.915. The van der Waals surface area contributed by atoms with E-state index in [-0.39, 0.29) is 44.4 Å². The number of phenolic OH excluding ortho intramolecular Hbond substituents is 1. The molecular formula is C54H85N11O14. The Bertz CT molecular complexity index is 2290. The van der Waals surface area contributed by atoms with Crippen molar-refractivity contribution in [2.45, 2.75) is 172 Å². The lowest BCUT2D eigenvalue weighted by Crippen LogP contribution is -2.61. The second-order valence-electron chi connectivity index (χ2n) is 19.9. The van der Waals surface area contributed by atoms with E-state index in [9.17, 15) is 68.4 Å². The first-order chi connectivity index (χ1) is 37.5. The van der Waals surface area contributed by atoms with Gasteiger partial charge in [-0.25, -0.2) is 4.79 Å². The van der Waals surface area contributed by atoms with Crippen molar-refractivity contribution in [2.24, 2.45) is 29.0 Å². The van der Waals surface area contributed by atoms with Crippen molar-refractivity contribution in [1.29, 1.82) is 0 Å². The lowest BCUT2D eigenvalue weighted by molar-refractivity contribution is -0.143. The number of nitrogens with two attached hydrogens (primary N) is 3. The summed E-state index contributed by atoms with van der Waals surface area (Å²) in [5.41, 5.74) is 18.4. The standard InChI is InChI=1S/C54H85N11O14/c1-6-15-37(58-46(70)36(57)18-11-13-26-55)47(71)63-42(30-66)52(76)60-39(24-25-43(68)69)48(72)59-38(19-12-14-27-56)49(73)65-45(32(5)7-2)53(77)62-40(28-33-16-9-8-10-17-33)50(74)61-41(29-34-20-22-35(67)23-21-34)51(75)64-44(31(3)4)54(78)79/h8-10,16-17,20-23,31-32,36-42,44-45,66-67H,6-7,11-15,18-19,24-30,55-57H2,1-5H3,(H,58,70)(H,59,72)(H,60,76)(H,61,74)(H,62,77)(H,63,71)(H,64,75)(H,65,73)(H,68,69)(H,78,79)/t32-,36-,37-,38-,39-,40-,41-,42-,44-,45-/m0/s1. The van der Waals surface area contributed by atoms with E-state index in [1.807, 2.05) is 0 Å². The molecule has 2 rings (SSSR count). The van der Waals surface area contributed by atoms with E-state index in [1.54, 1.807) is 65.0 Å². The van der Waals surface area contributed by atoms with E-state index in [1.165, 1.54) is 24.3 Å². The maximum atomic E-state index is 14.5. The van der Waals surface area contributed by atoms with Crippen molar-refractivity contribution in [3.63, 3.8) is 0 Å². The Morgan fingerprint density at radius 1 is 0.494 bits per heavy atom. The average molecular weight is 1110 g/mol. The molecule has 2 aromatic rings. The minimum Gasteiger partial charge on any atom is -0.508 e. The maximum Gasteiger partial charge on any atom is 0.326 e. The van der Waals surface area contributed by atoms with Gasteiger partial charge >= 0.3 is 11.9 Å². The molecule has 18 N–H and O–H groups in total. The first-order valence-electron chi connectivity index (χ1n) is 27.0. The Labute approximate surface area is 461 Å². The van der Waals surface area contributed by atoms with E-state index >= 15 is 0 Å². The average Bonchev–Trinajstić information content (AvgIpc) is 3.41. The number of carbonyl (C=O) groups is 10. The number of aliphatic carboxylic acids is 2. The lowest BCUT2D eigenvalue weighted by atomic mass is 9.96. The molecule has 0 heterocycles. The maximum absolute atomic E-state index is 14.5. The monoisotopic (exact) mass is 1110 g/mol. The lowest BCUT2D eigenvalue weighted by Gasteiger charge is -2.30. The fourth-order valence-corrected chi connectivity index (χ4v) is 8.18. The Balaban J connectivity index is 2.47. The zero-order valence-electron chi connectivity index (χ0n) is 46.0. The van der Waals surface area contributed by atoms with Crippen LogP contribution in [0.4, 0.5) is 0 Å². The number of carboxylic acid groups (broad SMARTS) is 2. The molecule has 0 saturated carbocycles. The molecule has 0 aromatic heterocycles. The molecule has 0 saturated heterocycles. The summed E-state index contributed by atoms with van der Waals surface area (Å²) in [6.07, 6.45) is 1.58. The van der Waals surface area contributed by atoms with E-state index < -0.39 is 145 Å². The number of carboxylic acids is 2. The summed E-state index contributed by atoms with van der Waals surface area (Å²) >= 11 is 0. The molecule has 0 aliphatic rings. The minimum atomic E-state index is -1.69. The largest absolute Gasteiger partial charge is 0.508 e. The Kier molecular flexibility index (Phi) is 31.0. The molecule has 0 bridgehead atoms. The van der Waals surface area contributed by atoms with Gasteiger partial charge in [0.25, 0.3) is 0 Å². The van der Waals surface area contributed by atoms with Gasteiger partial charge in [0.15, 0.2) is 0 Å². The van der Waals surface area contributed by atoms with Crippen LogP contribution in [0.5, 0.6) is 5.75 Å². The second-order valence-corrected chi connectivity index (χ2v) is 19.9. The first kappa shape index (κ1) is 67.9. The molecule has 0 spiro atoms. The highest BCUT2D eigenvalue weighted by atomic mass is 16.4. The molecule has 440 valence electrons. The number of amides is 8. The van der Waals surface area contributed by atoms with Crippen molar-refractivity contribution in [3.8, 4) is 5.75 Å². The fourth-order valence-electron chi connectivity index (χ4n) is 8.18. The van der Waals surface area contributed by atoms with Crippen LogP contribution in [-0.2, 0) is 60.8 Å². The topological polar surface area (TPSA) is 426 Å². The van der Waals surface area contributed by atoms with Gasteiger partial charge in [-0.15, -0.1) is 0 Å². The Hall–Kier alpha value is -7.22. The molecule has 0 radical (unpaired) electrons. The highest BCUT2D eigenvalue weighted by Gasteiger charge is 2.37. The molecule has 25 nitrogen and oxygen atoms in total. The first-order valence-corrected chi connectivity index (χ1v) is 27.0. The summed E-state index contributed by atoms with van der Waals surface area (Å²) in [5.74, 6) is -10.8. The summed E-state index contributed by atoms with van der Waals surface area (Å²) in [7, 11) is 0. The van der Waals surface area contributed by atoms with Crippen LogP contribution in [0.25, 0.3) is 0 Å². The highest BCUT2D eigenvalue weighted by molar-refractivity contribution is 5.98. The number of nitrogens with one attached hydrogen (secondary N) is 8. The highest BCUT2D eigenvalue weighted by Crippen LogP contribution is 2.16. The second kappa shape index (κ2) is 36.0. The fraction of sp³-hybridized carbons (Fsp3) is 0.593. The summed E-state index contributed by atoms with van der Waals surface area (Å²) < 4.78 is 0. The van der Waals surface area contributed by atoms with Crippen molar-refractivity contribution < 1.29 is 68.4 Å². The van der Waals surface area contributed by atoms with Crippen LogP contribution >= 0.6 is 0 Å². The van der Waals surface area contributed by atoms with E-state index in [0.29, 0.717) is 56.2 Å². The summed E-state index contributed by atoms with van der Waals surface area (Å²) in [4.78, 5) is 135. The molecule has 8 amide bonds. The van der Waals surface area contributed by atoms with Gasteiger partial charge in [-0.2, -0.15) is 0 Å². The van der Waals surface area contributed by atoms with Crippen LogP contribution in [-0.4, -0.2) is 154 Å². The van der Waals surface area contributed by atoms with Crippen LogP contribution < -0.4 is 59.7 Å². The van der Waals surface area contributed by atoms with Gasteiger partial charge in [0.05, 0.1) is 12.6 Å².